The molecule has 0 saturated heterocycles. The second-order valence-corrected chi connectivity index (χ2v) is 6.80. The third kappa shape index (κ3) is 4.03. The molecule has 0 aliphatic rings. The molecular weight excluding hydrogens is 308 g/mol. The molecular formula is C16H13ClO3S. The summed E-state index contributed by atoms with van der Waals surface area (Å²) >= 11 is 5.73. The largest absolute Gasteiger partial charge is 0.289 e. The summed E-state index contributed by atoms with van der Waals surface area (Å²) < 4.78 is 24.1. The highest BCUT2D eigenvalue weighted by atomic mass is 35.5. The van der Waals surface area contributed by atoms with Gasteiger partial charge in [-0.05, 0) is 49.4 Å². The Morgan fingerprint density at radius 1 is 1.00 bits per heavy atom. The monoisotopic (exact) mass is 320 g/mol. The Kier molecular flexibility index (Phi) is 4.60. The first-order chi connectivity index (χ1) is 9.88. The lowest BCUT2D eigenvalue weighted by Crippen LogP contribution is -1.99. The van der Waals surface area contributed by atoms with Gasteiger partial charge >= 0.3 is 0 Å². The highest BCUT2D eigenvalue weighted by Gasteiger charge is 2.11. The van der Waals surface area contributed by atoms with E-state index in [2.05, 4.69) is 0 Å². The van der Waals surface area contributed by atoms with E-state index in [0.717, 1.165) is 17.0 Å². The smallest absolute Gasteiger partial charge is 0.199 e. The maximum atomic E-state index is 12.1. The lowest BCUT2D eigenvalue weighted by molar-refractivity contribution is 0.104. The standard InChI is InChI=1S/C16H13ClO3S/c1-12-2-8-15(9-3-12)21(19,20)11-10-16(18)13-4-6-14(17)7-5-13/h2-11H,1H3/b11-10+. The number of aryl methyl sites for hydroxylation is 1. The molecule has 0 aromatic heterocycles. The molecule has 21 heavy (non-hydrogen) atoms. The number of benzene rings is 2. The van der Waals surface area contributed by atoms with Crippen LogP contribution in [0.5, 0.6) is 0 Å². The van der Waals surface area contributed by atoms with Gasteiger partial charge in [0, 0.05) is 16.0 Å². The van der Waals surface area contributed by atoms with Gasteiger partial charge in [-0.3, -0.25) is 4.79 Å². The van der Waals surface area contributed by atoms with Crippen LogP contribution >= 0.6 is 11.6 Å². The molecule has 0 atom stereocenters. The minimum absolute atomic E-state index is 0.160. The van der Waals surface area contributed by atoms with Crippen LogP contribution in [0.4, 0.5) is 0 Å². The van der Waals surface area contributed by atoms with Crippen LogP contribution in [0.3, 0.4) is 0 Å². The molecule has 0 fully saturated rings. The number of hydrogen-bond acceptors (Lipinski definition) is 3. The normalized spacial score (nSPS) is 11.7. The van der Waals surface area contributed by atoms with Crippen LogP contribution in [-0.2, 0) is 9.84 Å². The lowest BCUT2D eigenvalue weighted by atomic mass is 10.1. The van der Waals surface area contributed by atoms with E-state index in [1.807, 2.05) is 6.92 Å². The van der Waals surface area contributed by atoms with Crippen molar-refractivity contribution in [3.63, 3.8) is 0 Å². The summed E-state index contributed by atoms with van der Waals surface area (Å²) in [6, 6.07) is 12.7. The van der Waals surface area contributed by atoms with Crippen molar-refractivity contribution in [3.05, 3.63) is 76.2 Å². The molecule has 108 valence electrons. The molecule has 5 heteroatoms. The highest BCUT2D eigenvalue weighted by Crippen LogP contribution is 2.14. The van der Waals surface area contributed by atoms with Crippen molar-refractivity contribution in [3.8, 4) is 0 Å². The summed E-state index contributed by atoms with van der Waals surface area (Å²) in [5, 5.41) is 1.44. The van der Waals surface area contributed by atoms with Gasteiger partial charge in [0.2, 0.25) is 0 Å². The van der Waals surface area contributed by atoms with Crippen molar-refractivity contribution in [2.24, 2.45) is 0 Å². The third-order valence-electron chi connectivity index (χ3n) is 2.88. The summed E-state index contributed by atoms with van der Waals surface area (Å²) in [7, 11) is -3.62. The molecule has 0 amide bonds. The molecule has 0 N–H and O–H groups in total. The average Bonchev–Trinajstić information content (AvgIpc) is 2.46. The predicted molar refractivity (Wildman–Crippen MR) is 83.3 cm³/mol. The zero-order chi connectivity index (χ0) is 15.5. The number of carbonyl (C=O) groups excluding carboxylic acids is 1. The first-order valence-corrected chi connectivity index (χ1v) is 8.11. The molecule has 2 rings (SSSR count). The van der Waals surface area contributed by atoms with Crippen LogP contribution in [0.1, 0.15) is 15.9 Å². The Morgan fingerprint density at radius 2 is 1.57 bits per heavy atom. The van der Waals surface area contributed by atoms with E-state index in [9.17, 15) is 13.2 Å². The van der Waals surface area contributed by atoms with Crippen molar-refractivity contribution >= 4 is 27.2 Å². The summed E-state index contributed by atoms with van der Waals surface area (Å²) in [5.74, 6) is -0.387. The highest BCUT2D eigenvalue weighted by molar-refractivity contribution is 7.94. The molecule has 2 aromatic carbocycles. The maximum absolute atomic E-state index is 12.1. The van der Waals surface area contributed by atoms with Crippen LogP contribution < -0.4 is 0 Å². The molecule has 2 aromatic rings. The van der Waals surface area contributed by atoms with E-state index in [1.165, 1.54) is 12.1 Å². The molecule has 0 unspecified atom stereocenters. The minimum atomic E-state index is -3.62. The van der Waals surface area contributed by atoms with Gasteiger partial charge in [-0.15, -0.1) is 0 Å². The summed E-state index contributed by atoms with van der Waals surface area (Å²) in [4.78, 5) is 12.1. The number of ketones is 1. The SMILES string of the molecule is Cc1ccc(S(=O)(=O)/C=C/C(=O)c2ccc(Cl)cc2)cc1. The van der Waals surface area contributed by atoms with E-state index in [4.69, 9.17) is 11.6 Å². The maximum Gasteiger partial charge on any atom is 0.199 e. The van der Waals surface area contributed by atoms with Gasteiger partial charge < -0.3 is 0 Å². The van der Waals surface area contributed by atoms with Crippen molar-refractivity contribution in [2.45, 2.75) is 11.8 Å². The van der Waals surface area contributed by atoms with Crippen molar-refractivity contribution in [1.29, 1.82) is 0 Å². The van der Waals surface area contributed by atoms with Crippen LogP contribution in [0.2, 0.25) is 5.02 Å². The fraction of sp³-hybridized carbons (Fsp3) is 0.0625. The molecule has 0 radical (unpaired) electrons. The summed E-state index contributed by atoms with van der Waals surface area (Å²) in [6.45, 7) is 1.87. The van der Waals surface area contributed by atoms with E-state index in [0.29, 0.717) is 10.6 Å². The second kappa shape index (κ2) is 6.24. The van der Waals surface area contributed by atoms with Crippen LogP contribution in [-0.4, -0.2) is 14.2 Å². The minimum Gasteiger partial charge on any atom is -0.289 e. The first-order valence-electron chi connectivity index (χ1n) is 6.18. The molecule has 0 aliphatic heterocycles. The molecule has 3 nitrogen and oxygen atoms in total. The molecule has 0 aliphatic carbocycles. The number of allylic oxidation sites excluding steroid dienone is 1. The second-order valence-electron chi connectivity index (χ2n) is 4.53. The van der Waals surface area contributed by atoms with Gasteiger partial charge in [0.15, 0.2) is 15.6 Å². The number of halogens is 1. The number of hydrogen-bond donors (Lipinski definition) is 0. The van der Waals surface area contributed by atoms with Crippen molar-refractivity contribution < 1.29 is 13.2 Å². The van der Waals surface area contributed by atoms with Gasteiger partial charge in [0.25, 0.3) is 0 Å². The lowest BCUT2D eigenvalue weighted by Gasteiger charge is -2.00. The Labute approximate surface area is 128 Å². The zero-order valence-electron chi connectivity index (χ0n) is 11.3. The van der Waals surface area contributed by atoms with Gasteiger partial charge in [-0.2, -0.15) is 0 Å². The molecule has 0 spiro atoms. The Balaban J connectivity index is 2.21. The number of rotatable bonds is 4. The van der Waals surface area contributed by atoms with Crippen molar-refractivity contribution in [2.75, 3.05) is 0 Å². The topological polar surface area (TPSA) is 51.2 Å². The number of carbonyl (C=O) groups is 1. The third-order valence-corrected chi connectivity index (χ3v) is 4.55. The van der Waals surface area contributed by atoms with Gasteiger partial charge in [0.05, 0.1) is 4.90 Å². The summed E-state index contributed by atoms with van der Waals surface area (Å²) in [6.07, 6.45) is 1.05. The molecule has 0 bridgehead atoms. The first kappa shape index (κ1) is 15.5. The fourth-order valence-electron chi connectivity index (χ4n) is 1.67. The van der Waals surface area contributed by atoms with Gasteiger partial charge in [-0.25, -0.2) is 8.42 Å². The number of sulfone groups is 1. The van der Waals surface area contributed by atoms with Crippen LogP contribution in [0, 0.1) is 6.92 Å². The molecule has 0 heterocycles. The van der Waals surface area contributed by atoms with Gasteiger partial charge in [0.1, 0.15) is 0 Å². The predicted octanol–water partition coefficient (Wildman–Crippen LogP) is 3.82. The van der Waals surface area contributed by atoms with E-state index >= 15 is 0 Å². The van der Waals surface area contributed by atoms with E-state index < -0.39 is 9.84 Å². The fourth-order valence-corrected chi connectivity index (χ4v) is 2.77. The quantitative estimate of drug-likeness (QED) is 0.635. The zero-order valence-corrected chi connectivity index (χ0v) is 12.9. The van der Waals surface area contributed by atoms with Crippen LogP contribution in [0.25, 0.3) is 0 Å². The van der Waals surface area contributed by atoms with E-state index in [-0.39, 0.29) is 10.7 Å². The Morgan fingerprint density at radius 3 is 2.14 bits per heavy atom. The molecule has 0 saturated carbocycles. The Bertz CT molecular complexity index is 773. The Hall–Kier alpha value is -1.91. The van der Waals surface area contributed by atoms with Crippen molar-refractivity contribution in [1.82, 2.24) is 0 Å². The van der Waals surface area contributed by atoms with E-state index in [1.54, 1.807) is 36.4 Å². The van der Waals surface area contributed by atoms with Gasteiger partial charge in [-0.1, -0.05) is 29.3 Å². The van der Waals surface area contributed by atoms with Crippen LogP contribution in [0.15, 0.2) is 64.9 Å². The average molecular weight is 321 g/mol. The summed E-state index contributed by atoms with van der Waals surface area (Å²) in [5.41, 5.74) is 1.35.